The molecule has 0 atom stereocenters. The summed E-state index contributed by atoms with van der Waals surface area (Å²) < 4.78 is 57.6. The van der Waals surface area contributed by atoms with E-state index in [0.717, 1.165) is 25.4 Å². The molecule has 1 heterocycles. The van der Waals surface area contributed by atoms with Gasteiger partial charge in [0.2, 0.25) is 0 Å². The van der Waals surface area contributed by atoms with Crippen LogP contribution in [0.1, 0.15) is 29.7 Å². The highest BCUT2D eigenvalue weighted by Gasteiger charge is 2.18. The van der Waals surface area contributed by atoms with E-state index in [0.29, 0.717) is 10.6 Å². The summed E-state index contributed by atoms with van der Waals surface area (Å²) in [5.74, 6) is -3.17. The molecular weight excluding hydrogens is 292 g/mol. The van der Waals surface area contributed by atoms with E-state index in [2.05, 4.69) is 4.98 Å². The number of hydrogen-bond donors (Lipinski definition) is 0. The minimum atomic E-state index is -2.82. The van der Waals surface area contributed by atoms with Crippen molar-refractivity contribution in [2.45, 2.75) is 20.1 Å². The number of Topliss-reactive ketones (excluding diaryl/α,β-unsaturated/α-hetero) is 1. The molecule has 0 spiro atoms. The first kappa shape index (κ1) is 15.0. The standard InChI is InChI=1S/C13H10F4N2O2/c1-7(20)12-9(15)4-8(14)5-10(12)21-6-11-18-2-3-19(11)13(16)17/h2-5,13H,6H2,1H3. The summed E-state index contributed by atoms with van der Waals surface area (Å²) in [6.07, 6.45) is 2.18. The molecule has 112 valence electrons. The molecule has 0 saturated heterocycles. The first-order valence-corrected chi connectivity index (χ1v) is 5.82. The highest BCUT2D eigenvalue weighted by atomic mass is 19.3. The van der Waals surface area contributed by atoms with Crippen LogP contribution in [0.4, 0.5) is 17.6 Å². The zero-order valence-corrected chi connectivity index (χ0v) is 10.8. The number of benzene rings is 1. The molecule has 0 aliphatic rings. The highest BCUT2D eigenvalue weighted by Crippen LogP contribution is 2.25. The van der Waals surface area contributed by atoms with E-state index in [1.807, 2.05) is 0 Å². The number of carbonyl (C=O) groups is 1. The van der Waals surface area contributed by atoms with Gasteiger partial charge in [0.25, 0.3) is 0 Å². The molecule has 4 nitrogen and oxygen atoms in total. The van der Waals surface area contributed by atoms with Crippen molar-refractivity contribution in [2.75, 3.05) is 0 Å². The van der Waals surface area contributed by atoms with Gasteiger partial charge in [-0.1, -0.05) is 0 Å². The molecule has 0 unspecified atom stereocenters. The van der Waals surface area contributed by atoms with Gasteiger partial charge in [-0.3, -0.25) is 9.36 Å². The quantitative estimate of drug-likeness (QED) is 0.628. The van der Waals surface area contributed by atoms with E-state index >= 15 is 0 Å². The third-order valence-corrected chi connectivity index (χ3v) is 2.69. The molecule has 0 fully saturated rings. The van der Waals surface area contributed by atoms with Gasteiger partial charge < -0.3 is 4.74 Å². The minimum Gasteiger partial charge on any atom is -0.485 e. The zero-order chi connectivity index (χ0) is 15.6. The zero-order valence-electron chi connectivity index (χ0n) is 10.8. The fraction of sp³-hybridized carbons (Fsp3) is 0.231. The third kappa shape index (κ3) is 3.21. The molecule has 1 aromatic carbocycles. The SMILES string of the molecule is CC(=O)c1c(F)cc(F)cc1OCc1nccn1C(F)F. The number of imidazole rings is 1. The molecule has 0 aliphatic carbocycles. The Kier molecular flexibility index (Phi) is 4.25. The average molecular weight is 302 g/mol. The molecule has 8 heteroatoms. The Hall–Kier alpha value is -2.38. The van der Waals surface area contributed by atoms with E-state index in [9.17, 15) is 22.4 Å². The van der Waals surface area contributed by atoms with Crippen molar-refractivity contribution in [3.8, 4) is 5.75 Å². The molecule has 1 aromatic heterocycles. The molecule has 0 bridgehead atoms. The predicted octanol–water partition coefficient (Wildman–Crippen LogP) is 3.34. The van der Waals surface area contributed by atoms with Crippen LogP contribution in [0, 0.1) is 11.6 Å². The van der Waals surface area contributed by atoms with Gasteiger partial charge in [-0.15, -0.1) is 0 Å². The first-order valence-electron chi connectivity index (χ1n) is 5.82. The van der Waals surface area contributed by atoms with Gasteiger partial charge in [0, 0.05) is 24.5 Å². The van der Waals surface area contributed by atoms with E-state index in [1.165, 1.54) is 0 Å². The fourth-order valence-electron chi connectivity index (χ4n) is 1.78. The van der Waals surface area contributed by atoms with Crippen LogP contribution in [0.5, 0.6) is 5.75 Å². The number of nitrogens with zero attached hydrogens (tertiary/aromatic N) is 2. The van der Waals surface area contributed by atoms with Crippen LogP contribution in [0.25, 0.3) is 0 Å². The van der Waals surface area contributed by atoms with Gasteiger partial charge in [0.05, 0.1) is 5.56 Å². The lowest BCUT2D eigenvalue weighted by molar-refractivity contribution is 0.0630. The van der Waals surface area contributed by atoms with E-state index in [1.54, 1.807) is 0 Å². The van der Waals surface area contributed by atoms with Crippen molar-refractivity contribution < 1.29 is 27.1 Å². The van der Waals surface area contributed by atoms with Crippen LogP contribution in [-0.2, 0) is 6.61 Å². The van der Waals surface area contributed by atoms with Crippen molar-refractivity contribution in [1.29, 1.82) is 0 Å². The van der Waals surface area contributed by atoms with Crippen LogP contribution < -0.4 is 4.74 Å². The van der Waals surface area contributed by atoms with Crippen LogP contribution in [0.3, 0.4) is 0 Å². The van der Waals surface area contributed by atoms with E-state index in [4.69, 9.17) is 4.74 Å². The van der Waals surface area contributed by atoms with Crippen molar-refractivity contribution in [1.82, 2.24) is 9.55 Å². The second kappa shape index (κ2) is 5.94. The molecule has 21 heavy (non-hydrogen) atoms. The van der Waals surface area contributed by atoms with Crippen LogP contribution in [-0.4, -0.2) is 15.3 Å². The Morgan fingerprint density at radius 2 is 2.10 bits per heavy atom. The Morgan fingerprint density at radius 3 is 2.71 bits per heavy atom. The maximum absolute atomic E-state index is 13.6. The summed E-state index contributed by atoms with van der Waals surface area (Å²) in [5.41, 5.74) is -0.438. The Bertz CT molecular complexity index is 670. The minimum absolute atomic E-state index is 0.135. The van der Waals surface area contributed by atoms with Gasteiger partial charge in [-0.2, -0.15) is 8.78 Å². The number of carbonyl (C=O) groups excluding carboxylic acids is 1. The Morgan fingerprint density at radius 1 is 1.38 bits per heavy atom. The summed E-state index contributed by atoms with van der Waals surface area (Å²) in [4.78, 5) is 15.0. The number of ketones is 1. The topological polar surface area (TPSA) is 44.1 Å². The lowest BCUT2D eigenvalue weighted by Gasteiger charge is -2.11. The Balaban J connectivity index is 2.28. The number of ether oxygens (including phenoxy) is 1. The maximum Gasteiger partial charge on any atom is 0.320 e. The van der Waals surface area contributed by atoms with Crippen LogP contribution >= 0.6 is 0 Å². The normalized spacial score (nSPS) is 11.0. The first-order chi connectivity index (χ1) is 9.90. The molecule has 0 N–H and O–H groups in total. The number of aromatic nitrogens is 2. The summed E-state index contributed by atoms with van der Waals surface area (Å²) in [5, 5.41) is 0. The van der Waals surface area contributed by atoms with Gasteiger partial charge in [0.15, 0.2) is 11.6 Å². The molecule has 0 aliphatic heterocycles. The van der Waals surface area contributed by atoms with Crippen molar-refractivity contribution in [2.24, 2.45) is 0 Å². The number of halogens is 4. The van der Waals surface area contributed by atoms with Gasteiger partial charge in [0.1, 0.15) is 24.0 Å². The largest absolute Gasteiger partial charge is 0.485 e. The van der Waals surface area contributed by atoms with Crippen molar-refractivity contribution in [3.63, 3.8) is 0 Å². The summed E-state index contributed by atoms with van der Waals surface area (Å²) >= 11 is 0. The van der Waals surface area contributed by atoms with Crippen molar-refractivity contribution in [3.05, 3.63) is 47.5 Å². The van der Waals surface area contributed by atoms with Gasteiger partial charge in [-0.25, -0.2) is 13.8 Å². The summed E-state index contributed by atoms with van der Waals surface area (Å²) in [6, 6.07) is 1.36. The number of hydrogen-bond acceptors (Lipinski definition) is 3. The molecule has 2 aromatic rings. The third-order valence-electron chi connectivity index (χ3n) is 2.69. The molecular formula is C13H10F4N2O2. The monoisotopic (exact) mass is 302 g/mol. The summed E-state index contributed by atoms with van der Waals surface area (Å²) in [7, 11) is 0. The van der Waals surface area contributed by atoms with E-state index < -0.39 is 36.1 Å². The molecule has 0 amide bonds. The molecule has 0 radical (unpaired) electrons. The van der Waals surface area contributed by atoms with E-state index in [-0.39, 0.29) is 11.6 Å². The summed E-state index contributed by atoms with van der Waals surface area (Å²) in [6.45, 7) is -2.19. The maximum atomic E-state index is 13.6. The lowest BCUT2D eigenvalue weighted by Crippen LogP contribution is -2.10. The molecule has 2 rings (SSSR count). The van der Waals surface area contributed by atoms with Gasteiger partial charge >= 0.3 is 6.55 Å². The average Bonchev–Trinajstić information content (AvgIpc) is 2.83. The van der Waals surface area contributed by atoms with Crippen LogP contribution in [0.2, 0.25) is 0 Å². The predicted molar refractivity (Wildman–Crippen MR) is 64.2 cm³/mol. The second-order valence-corrected chi connectivity index (χ2v) is 4.13. The Labute approximate surface area is 117 Å². The molecule has 0 saturated carbocycles. The smallest absolute Gasteiger partial charge is 0.320 e. The van der Waals surface area contributed by atoms with Gasteiger partial charge in [-0.05, 0) is 6.92 Å². The fourth-order valence-corrected chi connectivity index (χ4v) is 1.78. The van der Waals surface area contributed by atoms with Crippen molar-refractivity contribution >= 4 is 5.78 Å². The highest BCUT2D eigenvalue weighted by molar-refractivity contribution is 5.97. The number of alkyl halides is 2. The lowest BCUT2D eigenvalue weighted by atomic mass is 10.1. The van der Waals surface area contributed by atoms with Crippen LogP contribution in [0.15, 0.2) is 24.5 Å². The number of rotatable bonds is 5. The second-order valence-electron chi connectivity index (χ2n) is 4.13.